The first-order valence-corrected chi connectivity index (χ1v) is 6.54. The number of nitro benzene ring substituents is 1. The highest BCUT2D eigenvalue weighted by Crippen LogP contribution is 2.31. The van der Waals surface area contributed by atoms with E-state index in [4.69, 9.17) is 16.3 Å². The molecule has 6 heteroatoms. The third kappa shape index (κ3) is 3.20. The molecule has 0 spiro atoms. The van der Waals surface area contributed by atoms with E-state index in [0.717, 1.165) is 0 Å². The van der Waals surface area contributed by atoms with Crippen molar-refractivity contribution in [2.45, 2.75) is 5.38 Å². The number of nitro groups is 1. The van der Waals surface area contributed by atoms with E-state index in [1.165, 1.54) is 25.3 Å². The van der Waals surface area contributed by atoms with Crippen LogP contribution in [0.3, 0.4) is 0 Å². The molecule has 0 aliphatic carbocycles. The highest BCUT2D eigenvalue weighted by molar-refractivity contribution is 6.34. The second kappa shape index (κ2) is 6.37. The molecule has 0 N–H and O–H groups in total. The van der Waals surface area contributed by atoms with Crippen molar-refractivity contribution in [3.8, 4) is 5.75 Å². The predicted octanol–water partition coefficient (Wildman–Crippen LogP) is 3.77. The molecule has 0 radical (unpaired) electrons. The van der Waals surface area contributed by atoms with Crippen LogP contribution in [0.15, 0.2) is 48.5 Å². The summed E-state index contributed by atoms with van der Waals surface area (Å²) in [5.74, 6) is -0.295. The highest BCUT2D eigenvalue weighted by Gasteiger charge is 2.23. The maximum Gasteiger partial charge on any atom is 0.311 e. The Labute approximate surface area is 126 Å². The summed E-state index contributed by atoms with van der Waals surface area (Å²) in [5, 5.41) is 10.1. The van der Waals surface area contributed by atoms with Crippen molar-refractivity contribution < 1.29 is 14.5 Å². The molecule has 0 aliphatic heterocycles. The van der Waals surface area contributed by atoms with E-state index in [2.05, 4.69) is 0 Å². The van der Waals surface area contributed by atoms with Gasteiger partial charge in [0.15, 0.2) is 11.5 Å². The first-order chi connectivity index (χ1) is 10.0. The number of hydrogen-bond acceptors (Lipinski definition) is 4. The van der Waals surface area contributed by atoms with E-state index in [0.29, 0.717) is 5.56 Å². The van der Waals surface area contributed by atoms with Crippen molar-refractivity contribution in [2.24, 2.45) is 0 Å². The number of alkyl halides is 1. The molecule has 1 unspecified atom stereocenters. The van der Waals surface area contributed by atoms with E-state index in [1.54, 1.807) is 24.3 Å². The smallest absolute Gasteiger partial charge is 0.311 e. The first-order valence-electron chi connectivity index (χ1n) is 6.10. The Morgan fingerprint density at radius 1 is 1.24 bits per heavy atom. The van der Waals surface area contributed by atoms with Crippen LogP contribution < -0.4 is 4.74 Å². The largest absolute Gasteiger partial charge is 0.490 e. The number of benzene rings is 2. The van der Waals surface area contributed by atoms with E-state index >= 15 is 0 Å². The maximum atomic E-state index is 12.3. The molecule has 0 amide bonds. The van der Waals surface area contributed by atoms with Gasteiger partial charge in [0, 0.05) is 11.6 Å². The number of ether oxygens (including phenoxy) is 1. The van der Waals surface area contributed by atoms with Gasteiger partial charge in [0.05, 0.1) is 12.0 Å². The van der Waals surface area contributed by atoms with Crippen molar-refractivity contribution in [2.75, 3.05) is 7.11 Å². The van der Waals surface area contributed by atoms with Crippen LogP contribution in [0, 0.1) is 10.1 Å². The van der Waals surface area contributed by atoms with Gasteiger partial charge in [-0.15, -0.1) is 11.6 Å². The van der Waals surface area contributed by atoms with Gasteiger partial charge in [-0.05, 0) is 17.7 Å². The number of nitrogens with zero attached hydrogens (tertiary/aromatic N) is 1. The Hall–Kier alpha value is -2.40. The summed E-state index contributed by atoms with van der Waals surface area (Å²) in [6.07, 6.45) is 0. The molecule has 1 atom stereocenters. The Morgan fingerprint density at radius 3 is 2.48 bits per heavy atom. The Kier molecular flexibility index (Phi) is 4.55. The van der Waals surface area contributed by atoms with Crippen LogP contribution in [-0.2, 0) is 0 Å². The molecule has 2 rings (SSSR count). The van der Waals surface area contributed by atoms with Gasteiger partial charge in [0.1, 0.15) is 5.38 Å². The van der Waals surface area contributed by atoms with Crippen LogP contribution in [0.25, 0.3) is 0 Å². The molecule has 0 saturated heterocycles. The fourth-order valence-electron chi connectivity index (χ4n) is 1.91. The van der Waals surface area contributed by atoms with Gasteiger partial charge in [-0.25, -0.2) is 0 Å². The van der Waals surface area contributed by atoms with Gasteiger partial charge in [-0.1, -0.05) is 30.3 Å². The molecule has 5 nitrogen and oxygen atoms in total. The third-order valence-electron chi connectivity index (χ3n) is 2.98. The molecule has 2 aromatic carbocycles. The SMILES string of the molecule is COc1ccc(C(=O)C(Cl)c2ccccc2)cc1[N+](=O)[O-]. The molecule has 0 bridgehead atoms. The first kappa shape index (κ1) is 15.0. The minimum Gasteiger partial charge on any atom is -0.490 e. The number of carbonyl (C=O) groups is 1. The zero-order chi connectivity index (χ0) is 15.4. The summed E-state index contributed by atoms with van der Waals surface area (Å²) < 4.78 is 4.90. The minimum absolute atomic E-state index is 0.0994. The van der Waals surface area contributed by atoms with Crippen molar-refractivity contribution in [3.63, 3.8) is 0 Å². The summed E-state index contributed by atoms with van der Waals surface area (Å²) in [6, 6.07) is 12.9. The number of hydrogen-bond donors (Lipinski definition) is 0. The van der Waals surface area contributed by atoms with E-state index < -0.39 is 16.1 Å². The monoisotopic (exact) mass is 305 g/mol. The molecule has 21 heavy (non-hydrogen) atoms. The highest BCUT2D eigenvalue weighted by atomic mass is 35.5. The molecule has 0 heterocycles. The van der Waals surface area contributed by atoms with Gasteiger partial charge >= 0.3 is 5.69 Å². The molecular formula is C15H12ClNO4. The Morgan fingerprint density at radius 2 is 1.90 bits per heavy atom. The number of methoxy groups -OCH3 is 1. The number of carbonyl (C=O) groups excluding carboxylic acids is 1. The van der Waals surface area contributed by atoms with Gasteiger partial charge < -0.3 is 4.74 Å². The summed E-state index contributed by atoms with van der Waals surface area (Å²) in [5.41, 5.74) is 0.550. The standard InChI is InChI=1S/C15H12ClNO4/c1-21-13-8-7-11(9-12(13)17(19)20)15(18)14(16)10-5-3-2-4-6-10/h2-9,14H,1H3. The van der Waals surface area contributed by atoms with Crippen molar-refractivity contribution in [1.29, 1.82) is 0 Å². The van der Waals surface area contributed by atoms with Gasteiger partial charge in [-0.3, -0.25) is 14.9 Å². The normalized spacial score (nSPS) is 11.7. The van der Waals surface area contributed by atoms with Crippen LogP contribution in [0.4, 0.5) is 5.69 Å². The number of halogens is 1. The van der Waals surface area contributed by atoms with Crippen LogP contribution in [0.1, 0.15) is 21.3 Å². The van der Waals surface area contributed by atoms with E-state index in [1.807, 2.05) is 6.07 Å². The summed E-state index contributed by atoms with van der Waals surface area (Å²) >= 11 is 6.15. The van der Waals surface area contributed by atoms with Gasteiger partial charge in [-0.2, -0.15) is 0 Å². The molecular weight excluding hydrogens is 294 g/mol. The zero-order valence-electron chi connectivity index (χ0n) is 11.2. The van der Waals surface area contributed by atoms with Gasteiger partial charge in [0.25, 0.3) is 0 Å². The summed E-state index contributed by atoms with van der Waals surface area (Å²) in [6.45, 7) is 0. The second-order valence-corrected chi connectivity index (χ2v) is 4.72. The Bertz CT molecular complexity index is 673. The Balaban J connectivity index is 2.36. The third-order valence-corrected chi connectivity index (χ3v) is 3.43. The lowest BCUT2D eigenvalue weighted by molar-refractivity contribution is -0.385. The van der Waals surface area contributed by atoms with Crippen LogP contribution in [0.5, 0.6) is 5.75 Å². The summed E-state index contributed by atoms with van der Waals surface area (Å²) in [4.78, 5) is 22.7. The van der Waals surface area contributed by atoms with Crippen molar-refractivity contribution in [1.82, 2.24) is 0 Å². The average molecular weight is 306 g/mol. The predicted molar refractivity (Wildman–Crippen MR) is 79.0 cm³/mol. The second-order valence-electron chi connectivity index (χ2n) is 4.28. The fourth-order valence-corrected chi connectivity index (χ4v) is 2.18. The molecule has 2 aromatic rings. The minimum atomic E-state index is -0.890. The molecule has 0 aliphatic rings. The number of rotatable bonds is 5. The maximum absolute atomic E-state index is 12.3. The lowest BCUT2D eigenvalue weighted by Crippen LogP contribution is -2.08. The van der Waals surface area contributed by atoms with Crippen LogP contribution in [0.2, 0.25) is 0 Å². The fraction of sp³-hybridized carbons (Fsp3) is 0.133. The zero-order valence-corrected chi connectivity index (χ0v) is 11.9. The number of Topliss-reactive ketones (excluding diaryl/α,β-unsaturated/α-hetero) is 1. The average Bonchev–Trinajstić information content (AvgIpc) is 2.53. The van der Waals surface area contributed by atoms with Crippen molar-refractivity contribution >= 4 is 23.1 Å². The lowest BCUT2D eigenvalue weighted by atomic mass is 10.0. The van der Waals surface area contributed by atoms with Gasteiger partial charge in [0.2, 0.25) is 0 Å². The summed E-state index contributed by atoms with van der Waals surface area (Å²) in [7, 11) is 1.33. The number of ketones is 1. The van der Waals surface area contributed by atoms with E-state index in [9.17, 15) is 14.9 Å². The topological polar surface area (TPSA) is 69.4 Å². The molecule has 108 valence electrons. The molecule has 0 fully saturated rings. The van der Waals surface area contributed by atoms with Crippen LogP contribution >= 0.6 is 11.6 Å². The van der Waals surface area contributed by atoms with E-state index in [-0.39, 0.29) is 17.0 Å². The quantitative estimate of drug-likeness (QED) is 0.365. The lowest BCUT2D eigenvalue weighted by Gasteiger charge is -2.09. The van der Waals surface area contributed by atoms with Crippen molar-refractivity contribution in [3.05, 3.63) is 69.8 Å². The molecule has 0 saturated carbocycles. The molecule has 0 aromatic heterocycles. The van der Waals surface area contributed by atoms with Crippen LogP contribution in [-0.4, -0.2) is 17.8 Å².